The molecule has 1 fully saturated rings. The van der Waals surface area contributed by atoms with Gasteiger partial charge in [-0.3, -0.25) is 9.69 Å². The van der Waals surface area contributed by atoms with Crippen LogP contribution in [0.4, 0.5) is 0 Å². The van der Waals surface area contributed by atoms with E-state index in [4.69, 9.17) is 4.74 Å². The van der Waals surface area contributed by atoms with Crippen molar-refractivity contribution in [2.75, 3.05) is 20.2 Å². The van der Waals surface area contributed by atoms with Gasteiger partial charge in [-0.15, -0.1) is 0 Å². The van der Waals surface area contributed by atoms with Gasteiger partial charge in [0.25, 0.3) is 0 Å². The van der Waals surface area contributed by atoms with Crippen molar-refractivity contribution in [1.82, 2.24) is 4.90 Å². The van der Waals surface area contributed by atoms with Crippen molar-refractivity contribution in [2.24, 2.45) is 0 Å². The summed E-state index contributed by atoms with van der Waals surface area (Å²) in [6, 6.07) is 8.50. The second-order valence-corrected chi connectivity index (χ2v) is 4.53. The Morgan fingerprint density at radius 3 is 2.65 bits per heavy atom. The van der Waals surface area contributed by atoms with Gasteiger partial charge >= 0.3 is 0 Å². The van der Waals surface area contributed by atoms with E-state index in [-0.39, 0.29) is 0 Å². The third-order valence-electron chi connectivity index (χ3n) is 3.48. The fourth-order valence-corrected chi connectivity index (χ4v) is 2.27. The van der Waals surface area contributed by atoms with Crippen molar-refractivity contribution in [2.45, 2.75) is 25.8 Å². The molecule has 0 unspecified atom stereocenters. The fraction of sp³-hybridized carbons (Fsp3) is 0.500. The molecular weight excluding hydrogens is 214 g/mol. The molecule has 1 aliphatic heterocycles. The van der Waals surface area contributed by atoms with Gasteiger partial charge in [0.2, 0.25) is 0 Å². The van der Waals surface area contributed by atoms with Gasteiger partial charge in [0, 0.05) is 32.0 Å². The second kappa shape index (κ2) is 5.32. The lowest BCUT2D eigenvalue weighted by molar-refractivity contribution is -0.121. The first-order valence-corrected chi connectivity index (χ1v) is 6.10. The number of hydrogen-bond donors (Lipinski definition) is 0. The van der Waals surface area contributed by atoms with Crippen molar-refractivity contribution >= 4 is 5.78 Å². The normalized spacial score (nSPS) is 19.1. The first-order chi connectivity index (χ1) is 8.20. The maximum Gasteiger partial charge on any atom is 0.135 e. The van der Waals surface area contributed by atoms with Gasteiger partial charge in [-0.2, -0.15) is 0 Å². The molecule has 17 heavy (non-hydrogen) atoms. The van der Waals surface area contributed by atoms with Crippen LogP contribution < -0.4 is 4.74 Å². The Labute approximate surface area is 102 Å². The lowest BCUT2D eigenvalue weighted by atomic mass is 10.0. The summed E-state index contributed by atoms with van der Waals surface area (Å²) < 4.78 is 5.24. The van der Waals surface area contributed by atoms with Crippen LogP contribution in [-0.2, 0) is 4.79 Å². The maximum absolute atomic E-state index is 11.2. The summed E-state index contributed by atoms with van der Waals surface area (Å²) in [5, 5.41) is 0. The Balaban J connectivity index is 2.07. The van der Waals surface area contributed by atoms with Crippen molar-refractivity contribution in [3.63, 3.8) is 0 Å². The van der Waals surface area contributed by atoms with E-state index in [2.05, 4.69) is 24.0 Å². The van der Waals surface area contributed by atoms with E-state index in [1.54, 1.807) is 7.11 Å². The Morgan fingerprint density at radius 1 is 1.29 bits per heavy atom. The van der Waals surface area contributed by atoms with Crippen molar-refractivity contribution in [3.05, 3.63) is 29.8 Å². The van der Waals surface area contributed by atoms with Crippen molar-refractivity contribution in [3.8, 4) is 5.75 Å². The fourth-order valence-electron chi connectivity index (χ4n) is 2.27. The molecule has 0 amide bonds. The third kappa shape index (κ3) is 2.86. The molecule has 0 spiro atoms. The summed E-state index contributed by atoms with van der Waals surface area (Å²) in [7, 11) is 1.68. The Bertz CT molecular complexity index is 393. The minimum absolute atomic E-state index is 0.346. The van der Waals surface area contributed by atoms with Crippen LogP contribution in [0.25, 0.3) is 0 Å². The van der Waals surface area contributed by atoms with Crippen LogP contribution in [-0.4, -0.2) is 30.9 Å². The molecular formula is C14H19NO2. The summed E-state index contributed by atoms with van der Waals surface area (Å²) in [5.74, 6) is 1.28. The van der Waals surface area contributed by atoms with E-state index in [0.717, 1.165) is 18.8 Å². The molecule has 0 aliphatic carbocycles. The van der Waals surface area contributed by atoms with Gasteiger partial charge in [0.1, 0.15) is 11.5 Å². The summed E-state index contributed by atoms with van der Waals surface area (Å²) in [6.07, 6.45) is 1.38. The van der Waals surface area contributed by atoms with E-state index < -0.39 is 0 Å². The number of ether oxygens (including phenoxy) is 1. The zero-order valence-electron chi connectivity index (χ0n) is 10.5. The molecule has 0 saturated carbocycles. The number of ketones is 1. The highest BCUT2D eigenvalue weighted by Gasteiger charge is 2.21. The molecule has 0 bridgehead atoms. The first kappa shape index (κ1) is 12.1. The molecule has 1 atom stereocenters. The number of methoxy groups -OCH3 is 1. The lowest BCUT2D eigenvalue weighted by Gasteiger charge is -2.32. The zero-order valence-corrected chi connectivity index (χ0v) is 10.5. The molecule has 0 N–H and O–H groups in total. The molecule has 1 saturated heterocycles. The number of hydrogen-bond acceptors (Lipinski definition) is 3. The largest absolute Gasteiger partial charge is 0.497 e. The van der Waals surface area contributed by atoms with E-state index >= 15 is 0 Å². The van der Waals surface area contributed by atoms with Crippen LogP contribution in [0.15, 0.2) is 24.3 Å². The SMILES string of the molecule is COc1cccc([C@@H](C)N2CCC(=O)CC2)c1. The standard InChI is InChI=1S/C14H19NO2/c1-11(15-8-6-13(16)7-9-15)12-4-3-5-14(10-12)17-2/h3-5,10-11H,6-9H2,1-2H3/t11-/m1/s1. The predicted octanol–water partition coefficient (Wildman–Crippen LogP) is 2.42. The summed E-state index contributed by atoms with van der Waals surface area (Å²) in [6.45, 7) is 3.93. The maximum atomic E-state index is 11.2. The van der Waals surface area contributed by atoms with Crippen LogP contribution >= 0.6 is 0 Å². The lowest BCUT2D eigenvalue weighted by Crippen LogP contribution is -2.35. The highest BCUT2D eigenvalue weighted by atomic mass is 16.5. The van der Waals surface area contributed by atoms with Gasteiger partial charge in [0.05, 0.1) is 7.11 Å². The molecule has 1 heterocycles. The number of carbonyl (C=O) groups excluding carboxylic acids is 1. The summed E-state index contributed by atoms with van der Waals surface area (Å²) >= 11 is 0. The Kier molecular flexibility index (Phi) is 3.79. The molecule has 1 aromatic carbocycles. The van der Waals surface area contributed by atoms with Crippen molar-refractivity contribution < 1.29 is 9.53 Å². The number of rotatable bonds is 3. The highest BCUT2D eigenvalue weighted by Crippen LogP contribution is 2.25. The molecule has 1 aliphatic rings. The molecule has 0 radical (unpaired) electrons. The van der Waals surface area contributed by atoms with Gasteiger partial charge in [-0.05, 0) is 24.6 Å². The Hall–Kier alpha value is -1.35. The second-order valence-electron chi connectivity index (χ2n) is 4.53. The zero-order chi connectivity index (χ0) is 12.3. The number of likely N-dealkylation sites (tertiary alicyclic amines) is 1. The number of carbonyl (C=O) groups is 1. The van der Waals surface area contributed by atoms with E-state index in [0.29, 0.717) is 24.7 Å². The molecule has 2 rings (SSSR count). The molecule has 92 valence electrons. The highest BCUT2D eigenvalue weighted by molar-refractivity contribution is 5.79. The smallest absolute Gasteiger partial charge is 0.135 e. The van der Waals surface area contributed by atoms with Crippen LogP contribution in [0, 0.1) is 0 Å². The van der Waals surface area contributed by atoms with Gasteiger partial charge in [0.15, 0.2) is 0 Å². The number of benzene rings is 1. The van der Waals surface area contributed by atoms with E-state index in [1.807, 2.05) is 12.1 Å². The first-order valence-electron chi connectivity index (χ1n) is 6.10. The minimum Gasteiger partial charge on any atom is -0.497 e. The third-order valence-corrected chi connectivity index (χ3v) is 3.48. The molecule has 3 heteroatoms. The number of piperidine rings is 1. The van der Waals surface area contributed by atoms with Crippen molar-refractivity contribution in [1.29, 1.82) is 0 Å². The average Bonchev–Trinajstić information content (AvgIpc) is 2.39. The van der Waals surface area contributed by atoms with Crippen LogP contribution in [0.3, 0.4) is 0 Å². The average molecular weight is 233 g/mol. The monoisotopic (exact) mass is 233 g/mol. The molecule has 1 aromatic rings. The topological polar surface area (TPSA) is 29.5 Å². The summed E-state index contributed by atoms with van der Waals surface area (Å²) in [4.78, 5) is 13.6. The summed E-state index contributed by atoms with van der Waals surface area (Å²) in [5.41, 5.74) is 1.25. The van der Waals surface area contributed by atoms with Gasteiger partial charge in [-0.1, -0.05) is 12.1 Å². The Morgan fingerprint density at radius 2 is 2.00 bits per heavy atom. The van der Waals surface area contributed by atoms with Gasteiger partial charge < -0.3 is 4.74 Å². The molecule has 0 aromatic heterocycles. The van der Waals surface area contributed by atoms with Crippen LogP contribution in [0.1, 0.15) is 31.4 Å². The number of nitrogens with zero attached hydrogens (tertiary/aromatic N) is 1. The quantitative estimate of drug-likeness (QED) is 0.803. The van der Waals surface area contributed by atoms with Crippen LogP contribution in [0.5, 0.6) is 5.75 Å². The van der Waals surface area contributed by atoms with Crippen LogP contribution in [0.2, 0.25) is 0 Å². The van der Waals surface area contributed by atoms with E-state index in [1.165, 1.54) is 5.56 Å². The molecule has 3 nitrogen and oxygen atoms in total. The minimum atomic E-state index is 0.346. The predicted molar refractivity (Wildman–Crippen MR) is 67.2 cm³/mol. The number of Topliss-reactive ketones (excluding diaryl/α,β-unsaturated/α-hetero) is 1. The van der Waals surface area contributed by atoms with E-state index in [9.17, 15) is 4.79 Å². The van der Waals surface area contributed by atoms with Gasteiger partial charge in [-0.25, -0.2) is 0 Å².